The summed E-state index contributed by atoms with van der Waals surface area (Å²) >= 11 is 1.53. The van der Waals surface area contributed by atoms with Crippen molar-refractivity contribution in [3.8, 4) is 0 Å². The van der Waals surface area contributed by atoms with Gasteiger partial charge in [0.05, 0.1) is 5.69 Å². The molecular weight excluding hydrogens is 234 g/mol. The molecule has 0 aliphatic rings. The van der Waals surface area contributed by atoms with Gasteiger partial charge in [0.15, 0.2) is 0 Å². The molecule has 0 saturated carbocycles. The van der Waals surface area contributed by atoms with E-state index in [9.17, 15) is 5.21 Å². The van der Waals surface area contributed by atoms with E-state index in [1.807, 2.05) is 42.5 Å². The molecule has 2 aromatic carbocycles. The normalized spacial score (nSPS) is 10.2. The zero-order valence-corrected chi connectivity index (χ0v) is 9.93. The molecule has 0 fully saturated rings. The second kappa shape index (κ2) is 5.72. The highest BCUT2D eigenvalue weighted by Crippen LogP contribution is 2.31. The summed E-state index contributed by atoms with van der Waals surface area (Å²) in [5.41, 5.74) is 1.47. The highest BCUT2D eigenvalue weighted by molar-refractivity contribution is 7.98. The molecule has 0 aliphatic carbocycles. The van der Waals surface area contributed by atoms with Gasteiger partial charge in [0.25, 0.3) is 0 Å². The second-order valence-electron chi connectivity index (χ2n) is 3.51. The Balaban J connectivity index is 2.09. The molecule has 0 saturated heterocycles. The van der Waals surface area contributed by atoms with Crippen molar-refractivity contribution in [1.29, 1.82) is 0 Å². The van der Waals surface area contributed by atoms with Gasteiger partial charge in [-0.2, -0.15) is 0 Å². The Kier molecular flexibility index (Phi) is 4.03. The smallest absolute Gasteiger partial charge is 0.0644 e. The highest BCUT2D eigenvalue weighted by Gasteiger charge is 2.03. The third-order valence-electron chi connectivity index (χ3n) is 2.31. The van der Waals surface area contributed by atoms with Gasteiger partial charge in [0.2, 0.25) is 0 Å². The Morgan fingerprint density at radius 3 is 2.35 bits per heavy atom. The number of hydrogen-bond donors (Lipinski definition) is 1. The summed E-state index contributed by atoms with van der Waals surface area (Å²) in [5.74, 6) is 0.770. The Morgan fingerprint density at radius 1 is 1.00 bits per heavy atom. The first-order chi connectivity index (χ1) is 8.27. The molecule has 0 aromatic heterocycles. The molecule has 0 amide bonds. The summed E-state index contributed by atoms with van der Waals surface area (Å²) in [6.07, 6.45) is 0. The first-order valence-corrected chi connectivity index (χ1v) is 6.18. The van der Waals surface area contributed by atoms with Crippen molar-refractivity contribution in [1.82, 2.24) is 0 Å². The Bertz CT molecular complexity index is 474. The fourth-order valence-electron chi connectivity index (χ4n) is 1.47. The largest absolute Gasteiger partial charge is 0.733 e. The van der Waals surface area contributed by atoms with Gasteiger partial charge in [-0.05, 0) is 17.7 Å². The first-order valence-electron chi connectivity index (χ1n) is 5.19. The first kappa shape index (κ1) is 12.0. The fraction of sp³-hybridized carbons (Fsp3) is 0.0769. The SMILES string of the molecule is [O-]N(O)c1ccccc1SCc1ccccc1. The maximum atomic E-state index is 10.9. The van der Waals surface area contributed by atoms with Crippen molar-refractivity contribution in [2.75, 3.05) is 5.23 Å². The molecular formula is C13H12NO2S-. The van der Waals surface area contributed by atoms with Gasteiger partial charge < -0.3 is 10.4 Å². The van der Waals surface area contributed by atoms with Crippen molar-refractivity contribution < 1.29 is 5.21 Å². The molecule has 2 aromatic rings. The van der Waals surface area contributed by atoms with Gasteiger partial charge in [0, 0.05) is 10.6 Å². The fourth-order valence-corrected chi connectivity index (χ4v) is 2.46. The number of nitrogens with zero attached hydrogens (tertiary/aromatic N) is 1. The van der Waals surface area contributed by atoms with Crippen molar-refractivity contribution in [3.63, 3.8) is 0 Å². The van der Waals surface area contributed by atoms with Crippen LogP contribution in [0.15, 0.2) is 59.5 Å². The van der Waals surface area contributed by atoms with Crippen LogP contribution in [-0.2, 0) is 5.75 Å². The monoisotopic (exact) mass is 246 g/mol. The van der Waals surface area contributed by atoms with Crippen LogP contribution in [-0.4, -0.2) is 5.21 Å². The summed E-state index contributed by atoms with van der Waals surface area (Å²) in [6, 6.07) is 17.0. The van der Waals surface area contributed by atoms with Crippen LogP contribution in [0.3, 0.4) is 0 Å². The lowest BCUT2D eigenvalue weighted by molar-refractivity contribution is 0.294. The third kappa shape index (κ3) is 3.23. The number of thioether (sulfide) groups is 1. The standard InChI is InChI=1S/C13H12NO2S/c15-14(16)12-8-4-5-9-13(12)17-10-11-6-2-1-3-7-11/h1-9,15H,10H2/q-1. The van der Waals surface area contributed by atoms with Crippen LogP contribution in [0.5, 0.6) is 0 Å². The predicted octanol–water partition coefficient (Wildman–Crippen LogP) is 3.67. The van der Waals surface area contributed by atoms with E-state index in [4.69, 9.17) is 5.21 Å². The second-order valence-corrected chi connectivity index (χ2v) is 4.53. The molecule has 1 N–H and O–H groups in total. The lowest BCUT2D eigenvalue weighted by Gasteiger charge is -2.24. The minimum absolute atomic E-state index is 0.0900. The molecule has 88 valence electrons. The van der Waals surface area contributed by atoms with Gasteiger partial charge >= 0.3 is 0 Å². The highest BCUT2D eigenvalue weighted by atomic mass is 32.2. The molecule has 17 heavy (non-hydrogen) atoms. The maximum Gasteiger partial charge on any atom is 0.0644 e. The summed E-state index contributed by atoms with van der Waals surface area (Å²) in [4.78, 5) is 0.772. The molecule has 4 heteroatoms. The van der Waals surface area contributed by atoms with E-state index in [0.29, 0.717) is 0 Å². The van der Waals surface area contributed by atoms with Crippen molar-refractivity contribution in [2.24, 2.45) is 0 Å². The Morgan fingerprint density at radius 2 is 1.65 bits per heavy atom. The summed E-state index contributed by atoms with van der Waals surface area (Å²) in [7, 11) is 0. The van der Waals surface area contributed by atoms with E-state index in [1.54, 1.807) is 12.1 Å². The molecule has 3 nitrogen and oxygen atoms in total. The van der Waals surface area contributed by atoms with Crippen molar-refractivity contribution in [3.05, 3.63) is 65.4 Å². The van der Waals surface area contributed by atoms with Gasteiger partial charge in [0.1, 0.15) is 0 Å². The van der Waals surface area contributed by atoms with E-state index in [2.05, 4.69) is 0 Å². The number of rotatable bonds is 4. The quantitative estimate of drug-likeness (QED) is 0.660. The van der Waals surface area contributed by atoms with Gasteiger partial charge in [-0.25, -0.2) is 0 Å². The van der Waals surface area contributed by atoms with E-state index < -0.39 is 0 Å². The van der Waals surface area contributed by atoms with Crippen LogP contribution >= 0.6 is 11.8 Å². The summed E-state index contributed by atoms with van der Waals surface area (Å²) in [5, 5.41) is 19.8. The van der Waals surface area contributed by atoms with E-state index in [1.165, 1.54) is 17.3 Å². The van der Waals surface area contributed by atoms with Gasteiger partial charge in [-0.1, -0.05) is 42.5 Å². The summed E-state index contributed by atoms with van der Waals surface area (Å²) < 4.78 is 0. The maximum absolute atomic E-state index is 10.9. The predicted molar refractivity (Wildman–Crippen MR) is 70.1 cm³/mol. The average Bonchev–Trinajstić information content (AvgIpc) is 2.38. The third-order valence-corrected chi connectivity index (χ3v) is 3.44. The van der Waals surface area contributed by atoms with Crippen LogP contribution < -0.4 is 5.23 Å². The van der Waals surface area contributed by atoms with Gasteiger partial charge in [-0.3, -0.25) is 5.21 Å². The van der Waals surface area contributed by atoms with E-state index in [-0.39, 0.29) is 10.9 Å². The minimum Gasteiger partial charge on any atom is -0.733 e. The van der Waals surface area contributed by atoms with Crippen LogP contribution in [0.2, 0.25) is 0 Å². The van der Waals surface area contributed by atoms with Crippen LogP contribution in [0.4, 0.5) is 5.69 Å². The molecule has 0 aliphatic heterocycles. The molecule has 0 bridgehead atoms. The molecule has 0 spiro atoms. The zero-order chi connectivity index (χ0) is 12.1. The number of para-hydroxylation sites is 1. The Labute approximate surface area is 104 Å². The van der Waals surface area contributed by atoms with E-state index in [0.717, 1.165) is 10.6 Å². The van der Waals surface area contributed by atoms with Crippen LogP contribution in [0, 0.1) is 5.21 Å². The zero-order valence-electron chi connectivity index (χ0n) is 9.11. The van der Waals surface area contributed by atoms with Crippen LogP contribution in [0.25, 0.3) is 0 Å². The lowest BCUT2D eigenvalue weighted by atomic mass is 10.2. The molecule has 0 radical (unpaired) electrons. The topological polar surface area (TPSA) is 46.5 Å². The number of hydrogen-bond acceptors (Lipinski definition) is 4. The molecule has 2 rings (SSSR count). The molecule has 0 unspecified atom stereocenters. The number of anilines is 1. The molecule has 0 atom stereocenters. The van der Waals surface area contributed by atoms with Crippen molar-refractivity contribution in [2.45, 2.75) is 10.6 Å². The number of benzene rings is 2. The minimum atomic E-state index is -0.0900. The Hall–Kier alpha value is -1.49. The van der Waals surface area contributed by atoms with Crippen molar-refractivity contribution >= 4 is 17.4 Å². The molecule has 0 heterocycles. The van der Waals surface area contributed by atoms with E-state index >= 15 is 0 Å². The lowest BCUT2D eigenvalue weighted by Crippen LogP contribution is -2.07. The summed E-state index contributed by atoms with van der Waals surface area (Å²) in [6.45, 7) is 0. The van der Waals surface area contributed by atoms with Gasteiger partial charge in [-0.15, -0.1) is 11.8 Å². The van der Waals surface area contributed by atoms with Crippen LogP contribution in [0.1, 0.15) is 5.56 Å². The average molecular weight is 246 g/mol.